The van der Waals surface area contributed by atoms with E-state index < -0.39 is 0 Å². The van der Waals surface area contributed by atoms with Crippen molar-refractivity contribution in [1.82, 2.24) is 14.7 Å². The number of benzene rings is 1. The van der Waals surface area contributed by atoms with Gasteiger partial charge in [-0.1, -0.05) is 24.0 Å². The van der Waals surface area contributed by atoms with Gasteiger partial charge < -0.3 is 4.90 Å². The summed E-state index contributed by atoms with van der Waals surface area (Å²) in [7, 11) is 6.06. The molecule has 0 saturated heterocycles. The smallest absolute Gasteiger partial charge is 0.262 e. The van der Waals surface area contributed by atoms with Crippen LogP contribution >= 0.6 is 0 Å². The van der Waals surface area contributed by atoms with Crippen LogP contribution in [-0.4, -0.2) is 73.8 Å². The van der Waals surface area contributed by atoms with Crippen LogP contribution in [0, 0.1) is 11.8 Å². The van der Waals surface area contributed by atoms with Crippen molar-refractivity contribution in [2.45, 2.75) is 0 Å². The fraction of sp³-hybridized carbons (Fsp3) is 0.412. The molecule has 5 heteroatoms. The van der Waals surface area contributed by atoms with Crippen LogP contribution < -0.4 is 0 Å². The number of amides is 2. The summed E-state index contributed by atoms with van der Waals surface area (Å²) < 4.78 is 0. The lowest BCUT2D eigenvalue weighted by Crippen LogP contribution is -2.30. The van der Waals surface area contributed by atoms with E-state index in [0.29, 0.717) is 17.7 Å². The predicted octanol–water partition coefficient (Wildman–Crippen LogP) is 0.779. The summed E-state index contributed by atoms with van der Waals surface area (Å²) in [5.41, 5.74) is 0.940. The van der Waals surface area contributed by atoms with Gasteiger partial charge >= 0.3 is 0 Å². The maximum Gasteiger partial charge on any atom is 0.262 e. The first kappa shape index (κ1) is 16.2. The molecule has 1 aliphatic rings. The molecule has 0 aliphatic carbocycles. The van der Waals surface area contributed by atoms with Gasteiger partial charge in [0.15, 0.2) is 0 Å². The van der Waals surface area contributed by atoms with E-state index in [2.05, 4.69) is 21.6 Å². The third kappa shape index (κ3) is 3.73. The third-order valence-corrected chi connectivity index (χ3v) is 3.52. The van der Waals surface area contributed by atoms with Crippen molar-refractivity contribution in [1.29, 1.82) is 0 Å². The van der Waals surface area contributed by atoms with Gasteiger partial charge in [-0.2, -0.15) is 0 Å². The molecule has 1 aromatic carbocycles. The highest BCUT2D eigenvalue weighted by molar-refractivity contribution is 6.21. The monoisotopic (exact) mass is 299 g/mol. The van der Waals surface area contributed by atoms with E-state index in [-0.39, 0.29) is 18.4 Å². The zero-order chi connectivity index (χ0) is 16.1. The van der Waals surface area contributed by atoms with Crippen molar-refractivity contribution in [3.63, 3.8) is 0 Å². The van der Waals surface area contributed by atoms with Crippen molar-refractivity contribution in [2.24, 2.45) is 0 Å². The molecule has 2 rings (SSSR count). The van der Waals surface area contributed by atoms with Crippen molar-refractivity contribution in [3.05, 3.63) is 35.4 Å². The summed E-state index contributed by atoms with van der Waals surface area (Å²) in [6.07, 6.45) is 0. The summed E-state index contributed by atoms with van der Waals surface area (Å²) in [5.74, 6) is 5.43. The molecule has 0 bridgehead atoms. The molecule has 0 saturated carbocycles. The normalized spacial score (nSPS) is 13.6. The average Bonchev–Trinajstić information content (AvgIpc) is 2.74. The minimum Gasteiger partial charge on any atom is -0.308 e. The molecule has 2 amide bonds. The Labute approximate surface area is 131 Å². The molecule has 0 fully saturated rings. The lowest BCUT2D eigenvalue weighted by atomic mass is 10.1. The Balaban J connectivity index is 1.88. The summed E-state index contributed by atoms with van der Waals surface area (Å²) in [4.78, 5) is 29.7. The van der Waals surface area contributed by atoms with Gasteiger partial charge in [0.1, 0.15) is 0 Å². The molecule has 116 valence electrons. The number of carbonyl (C=O) groups excluding carboxylic acids is 2. The Morgan fingerprint density at radius 3 is 2.09 bits per heavy atom. The van der Waals surface area contributed by atoms with Crippen LogP contribution in [0.2, 0.25) is 0 Å². The Morgan fingerprint density at radius 2 is 1.55 bits per heavy atom. The number of rotatable bonds is 5. The summed E-state index contributed by atoms with van der Waals surface area (Å²) in [6.45, 7) is 2.66. The Bertz CT molecular complexity index is 593. The SMILES string of the molecule is CN(C)CCN(C)CC#CCN1C(=O)c2ccccc2C1=O. The highest BCUT2D eigenvalue weighted by Gasteiger charge is 2.34. The van der Waals surface area contributed by atoms with Crippen LogP contribution in [0.5, 0.6) is 0 Å². The second kappa shape index (κ2) is 7.21. The first-order valence-electron chi connectivity index (χ1n) is 7.25. The molecule has 5 nitrogen and oxygen atoms in total. The largest absolute Gasteiger partial charge is 0.308 e. The van der Waals surface area contributed by atoms with Crippen LogP contribution in [0.25, 0.3) is 0 Å². The van der Waals surface area contributed by atoms with Gasteiger partial charge in [-0.05, 0) is 33.3 Å². The minimum absolute atomic E-state index is 0.147. The molecule has 0 spiro atoms. The predicted molar refractivity (Wildman–Crippen MR) is 85.6 cm³/mol. The van der Waals surface area contributed by atoms with Gasteiger partial charge in [0.25, 0.3) is 11.8 Å². The van der Waals surface area contributed by atoms with Crippen LogP contribution in [0.4, 0.5) is 0 Å². The molecule has 0 radical (unpaired) electrons. The number of carbonyl (C=O) groups is 2. The highest BCUT2D eigenvalue weighted by atomic mass is 16.2. The minimum atomic E-state index is -0.254. The number of hydrogen-bond acceptors (Lipinski definition) is 4. The van der Waals surface area contributed by atoms with Gasteiger partial charge in [0.2, 0.25) is 0 Å². The molecule has 1 aromatic rings. The molecule has 0 atom stereocenters. The van der Waals surface area contributed by atoms with E-state index >= 15 is 0 Å². The first-order valence-corrected chi connectivity index (χ1v) is 7.25. The zero-order valence-corrected chi connectivity index (χ0v) is 13.3. The summed E-state index contributed by atoms with van der Waals surface area (Å²) in [6, 6.07) is 6.88. The van der Waals surface area contributed by atoms with E-state index in [4.69, 9.17) is 0 Å². The van der Waals surface area contributed by atoms with E-state index in [9.17, 15) is 9.59 Å². The summed E-state index contributed by atoms with van der Waals surface area (Å²) in [5, 5.41) is 0. The fourth-order valence-electron chi connectivity index (χ4n) is 2.16. The fourth-order valence-corrected chi connectivity index (χ4v) is 2.16. The molecular formula is C17H21N3O2. The van der Waals surface area contributed by atoms with Gasteiger partial charge in [0, 0.05) is 13.1 Å². The van der Waals surface area contributed by atoms with E-state index in [0.717, 1.165) is 13.1 Å². The average molecular weight is 299 g/mol. The molecule has 0 N–H and O–H groups in total. The summed E-state index contributed by atoms with van der Waals surface area (Å²) >= 11 is 0. The number of imide groups is 1. The number of nitrogens with zero attached hydrogens (tertiary/aromatic N) is 3. The van der Waals surface area contributed by atoms with E-state index in [1.165, 1.54) is 4.90 Å². The maximum atomic E-state index is 12.1. The lowest BCUT2D eigenvalue weighted by molar-refractivity contribution is 0.0675. The Morgan fingerprint density at radius 1 is 0.955 bits per heavy atom. The van der Waals surface area contributed by atoms with Gasteiger partial charge in [-0.15, -0.1) is 0 Å². The lowest BCUT2D eigenvalue weighted by Gasteiger charge is -2.16. The van der Waals surface area contributed by atoms with Crippen LogP contribution in [0.15, 0.2) is 24.3 Å². The van der Waals surface area contributed by atoms with E-state index in [1.54, 1.807) is 24.3 Å². The number of likely N-dealkylation sites (N-methyl/N-ethyl adjacent to an activating group) is 2. The van der Waals surface area contributed by atoms with Gasteiger partial charge in [-0.3, -0.25) is 19.4 Å². The second-order valence-corrected chi connectivity index (χ2v) is 5.64. The van der Waals surface area contributed by atoms with Gasteiger partial charge in [-0.25, -0.2) is 0 Å². The topological polar surface area (TPSA) is 43.9 Å². The quantitative estimate of drug-likeness (QED) is 0.595. The van der Waals surface area contributed by atoms with Crippen molar-refractivity contribution < 1.29 is 9.59 Å². The van der Waals surface area contributed by atoms with Crippen molar-refractivity contribution in [2.75, 3.05) is 47.3 Å². The molecule has 1 aliphatic heterocycles. The maximum absolute atomic E-state index is 12.1. The van der Waals surface area contributed by atoms with E-state index in [1.807, 2.05) is 21.1 Å². The molecule has 0 aromatic heterocycles. The molecule has 0 unspecified atom stereocenters. The van der Waals surface area contributed by atoms with Gasteiger partial charge in [0.05, 0.1) is 24.2 Å². The zero-order valence-electron chi connectivity index (χ0n) is 13.3. The van der Waals surface area contributed by atoms with Crippen LogP contribution in [0.1, 0.15) is 20.7 Å². The highest BCUT2D eigenvalue weighted by Crippen LogP contribution is 2.21. The molecule has 22 heavy (non-hydrogen) atoms. The van der Waals surface area contributed by atoms with Crippen LogP contribution in [0.3, 0.4) is 0 Å². The molecular weight excluding hydrogens is 278 g/mol. The standard InChI is InChI=1S/C17H21N3O2/c1-18(2)12-13-19(3)10-6-7-11-20-16(21)14-8-4-5-9-15(14)17(20)22/h4-5,8-9H,10-13H2,1-3H3. The molecule has 1 heterocycles. The number of fused-ring (bicyclic) bond motifs is 1. The second-order valence-electron chi connectivity index (χ2n) is 5.64. The Hall–Kier alpha value is -2.16. The van der Waals surface area contributed by atoms with Crippen LogP contribution in [-0.2, 0) is 0 Å². The van der Waals surface area contributed by atoms with Crippen molar-refractivity contribution in [3.8, 4) is 11.8 Å². The first-order chi connectivity index (χ1) is 10.5. The number of hydrogen-bond donors (Lipinski definition) is 0. The van der Waals surface area contributed by atoms with Crippen molar-refractivity contribution >= 4 is 11.8 Å². The third-order valence-electron chi connectivity index (χ3n) is 3.52. The Kier molecular flexibility index (Phi) is 5.31.